The van der Waals surface area contributed by atoms with Crippen molar-refractivity contribution in [2.75, 3.05) is 0 Å². The van der Waals surface area contributed by atoms with Gasteiger partial charge >= 0.3 is 0 Å². The zero-order valence-corrected chi connectivity index (χ0v) is 14.7. The van der Waals surface area contributed by atoms with Crippen LogP contribution in [0.2, 0.25) is 5.02 Å². The van der Waals surface area contributed by atoms with Crippen LogP contribution in [0.4, 0.5) is 0 Å². The molecule has 0 aliphatic carbocycles. The van der Waals surface area contributed by atoms with Crippen LogP contribution >= 0.6 is 11.6 Å². The molecule has 25 heavy (non-hydrogen) atoms. The van der Waals surface area contributed by atoms with Gasteiger partial charge in [-0.2, -0.15) is 5.10 Å². The van der Waals surface area contributed by atoms with Crippen molar-refractivity contribution in [2.45, 2.75) is 13.5 Å². The van der Waals surface area contributed by atoms with E-state index in [1.807, 2.05) is 19.1 Å². The number of aryl methyl sites for hydroxylation is 1. The number of hydrogen-bond acceptors (Lipinski definition) is 4. The number of allylic oxidation sites excluding steroid dienone is 1. The van der Waals surface area contributed by atoms with Crippen molar-refractivity contribution in [1.29, 1.82) is 0 Å². The Morgan fingerprint density at radius 1 is 1.32 bits per heavy atom. The van der Waals surface area contributed by atoms with Gasteiger partial charge in [-0.15, -0.1) is 0 Å². The molecule has 2 aromatic heterocycles. The third kappa shape index (κ3) is 4.00. The Kier molecular flexibility index (Phi) is 5.05. The number of furan rings is 1. The fourth-order valence-electron chi connectivity index (χ4n) is 2.26. The predicted molar refractivity (Wildman–Crippen MR) is 95.8 cm³/mol. The molecular weight excluding hydrogens is 340 g/mol. The van der Waals surface area contributed by atoms with Crippen LogP contribution in [0.25, 0.3) is 6.08 Å². The second-order valence-corrected chi connectivity index (χ2v) is 5.90. The topological polar surface area (TPSA) is 57.3 Å². The average Bonchev–Trinajstić information content (AvgIpc) is 3.19. The second kappa shape index (κ2) is 7.40. The van der Waals surface area contributed by atoms with Gasteiger partial charge < -0.3 is 9.15 Å². The second-order valence-electron chi connectivity index (χ2n) is 5.49. The van der Waals surface area contributed by atoms with E-state index in [2.05, 4.69) is 5.10 Å². The quantitative estimate of drug-likeness (QED) is 0.483. The van der Waals surface area contributed by atoms with Gasteiger partial charge in [-0.3, -0.25) is 9.48 Å². The molecule has 3 rings (SSSR count). The summed E-state index contributed by atoms with van der Waals surface area (Å²) in [5, 5.41) is 4.62. The molecule has 3 aromatic rings. The van der Waals surface area contributed by atoms with Crippen LogP contribution in [0.5, 0.6) is 5.75 Å². The van der Waals surface area contributed by atoms with Crippen LogP contribution in [0.15, 0.2) is 53.1 Å². The minimum Gasteiger partial charge on any atom is -0.484 e. The number of halogens is 1. The lowest BCUT2D eigenvalue weighted by atomic mass is 10.1. The predicted octanol–water partition coefficient (Wildman–Crippen LogP) is 4.45. The van der Waals surface area contributed by atoms with E-state index < -0.39 is 0 Å². The van der Waals surface area contributed by atoms with E-state index in [4.69, 9.17) is 20.8 Å². The highest BCUT2D eigenvalue weighted by Gasteiger charge is 2.10. The lowest BCUT2D eigenvalue weighted by Gasteiger charge is -2.05. The van der Waals surface area contributed by atoms with Crippen molar-refractivity contribution in [2.24, 2.45) is 7.05 Å². The normalized spacial score (nSPS) is 11.2. The highest BCUT2D eigenvalue weighted by atomic mass is 35.5. The summed E-state index contributed by atoms with van der Waals surface area (Å²) in [5.74, 6) is 1.70. The van der Waals surface area contributed by atoms with Gasteiger partial charge in [0.15, 0.2) is 5.78 Å². The van der Waals surface area contributed by atoms with Crippen LogP contribution in [-0.2, 0) is 13.7 Å². The Bertz CT molecular complexity index is 924. The molecule has 0 saturated heterocycles. The summed E-state index contributed by atoms with van der Waals surface area (Å²) in [7, 11) is 1.80. The van der Waals surface area contributed by atoms with Gasteiger partial charge in [0.1, 0.15) is 23.9 Å². The molecule has 0 bridgehead atoms. The van der Waals surface area contributed by atoms with Gasteiger partial charge in [-0.1, -0.05) is 23.7 Å². The van der Waals surface area contributed by atoms with Gasteiger partial charge in [0.05, 0.1) is 16.8 Å². The van der Waals surface area contributed by atoms with Crippen LogP contribution < -0.4 is 4.74 Å². The van der Waals surface area contributed by atoms with E-state index in [1.54, 1.807) is 48.3 Å². The standard InChI is InChI=1S/C19H17ClN2O3/c1-13-16(11-21-22(13)2)18(23)10-9-14-7-8-15(25-14)12-24-19-6-4-3-5-17(19)20/h3-11H,12H2,1-2H3/b10-9-. The van der Waals surface area contributed by atoms with E-state index in [0.29, 0.717) is 27.9 Å². The Hall–Kier alpha value is -2.79. The van der Waals surface area contributed by atoms with Crippen LogP contribution in [0.1, 0.15) is 27.6 Å². The Balaban J connectivity index is 1.62. The lowest BCUT2D eigenvalue weighted by molar-refractivity contribution is 0.104. The van der Waals surface area contributed by atoms with E-state index in [0.717, 1.165) is 5.69 Å². The minimum absolute atomic E-state index is 0.115. The van der Waals surface area contributed by atoms with Gasteiger partial charge in [-0.25, -0.2) is 0 Å². The van der Waals surface area contributed by atoms with Crippen molar-refractivity contribution < 1.29 is 13.9 Å². The van der Waals surface area contributed by atoms with E-state index in [9.17, 15) is 4.79 Å². The zero-order valence-electron chi connectivity index (χ0n) is 13.9. The molecule has 0 atom stereocenters. The number of benzene rings is 1. The van der Waals surface area contributed by atoms with Crippen molar-refractivity contribution in [1.82, 2.24) is 9.78 Å². The fourth-order valence-corrected chi connectivity index (χ4v) is 2.45. The van der Waals surface area contributed by atoms with E-state index in [-0.39, 0.29) is 12.4 Å². The summed E-state index contributed by atoms with van der Waals surface area (Å²) >= 11 is 6.04. The summed E-state index contributed by atoms with van der Waals surface area (Å²) in [6, 6.07) is 10.8. The number of carbonyl (C=O) groups is 1. The Morgan fingerprint density at radius 3 is 2.84 bits per heavy atom. The molecule has 0 aliphatic heterocycles. The smallest absolute Gasteiger partial charge is 0.189 e. The molecule has 0 radical (unpaired) electrons. The van der Waals surface area contributed by atoms with E-state index in [1.165, 1.54) is 6.08 Å². The van der Waals surface area contributed by atoms with Crippen molar-refractivity contribution in [3.63, 3.8) is 0 Å². The maximum Gasteiger partial charge on any atom is 0.189 e. The number of aromatic nitrogens is 2. The third-order valence-corrected chi connectivity index (χ3v) is 4.10. The van der Waals surface area contributed by atoms with Crippen LogP contribution in [0.3, 0.4) is 0 Å². The third-order valence-electron chi connectivity index (χ3n) is 3.79. The van der Waals surface area contributed by atoms with Gasteiger partial charge in [0.25, 0.3) is 0 Å². The Labute approximate surface area is 150 Å². The van der Waals surface area contributed by atoms with Gasteiger partial charge in [0.2, 0.25) is 0 Å². The summed E-state index contributed by atoms with van der Waals surface area (Å²) in [4.78, 5) is 12.2. The fraction of sp³-hybridized carbons (Fsp3) is 0.158. The van der Waals surface area contributed by atoms with E-state index >= 15 is 0 Å². The van der Waals surface area contributed by atoms with Crippen molar-refractivity contribution in [3.8, 4) is 5.75 Å². The molecule has 0 saturated carbocycles. The first-order chi connectivity index (χ1) is 12.0. The molecule has 0 N–H and O–H groups in total. The lowest BCUT2D eigenvalue weighted by Crippen LogP contribution is -1.98. The SMILES string of the molecule is Cc1c(C(=O)/C=C\c2ccc(COc3ccccc3Cl)o2)cnn1C. The van der Waals surface area contributed by atoms with Crippen LogP contribution in [0, 0.1) is 6.92 Å². The zero-order chi connectivity index (χ0) is 17.8. The number of carbonyl (C=O) groups excluding carboxylic acids is 1. The maximum absolute atomic E-state index is 12.2. The van der Waals surface area contributed by atoms with Crippen molar-refractivity contribution in [3.05, 3.63) is 76.5 Å². The molecular formula is C19H17ClN2O3. The first kappa shape index (κ1) is 17.0. The molecule has 6 heteroatoms. The van der Waals surface area contributed by atoms with Gasteiger partial charge in [-0.05, 0) is 43.3 Å². The highest BCUT2D eigenvalue weighted by molar-refractivity contribution is 6.32. The molecule has 128 valence electrons. The number of ketones is 1. The molecule has 0 amide bonds. The minimum atomic E-state index is -0.115. The van der Waals surface area contributed by atoms with Crippen LogP contribution in [-0.4, -0.2) is 15.6 Å². The van der Waals surface area contributed by atoms with Crippen molar-refractivity contribution >= 4 is 23.5 Å². The first-order valence-electron chi connectivity index (χ1n) is 7.71. The maximum atomic E-state index is 12.2. The summed E-state index contributed by atoms with van der Waals surface area (Å²) in [6.07, 6.45) is 4.67. The number of hydrogen-bond donors (Lipinski definition) is 0. The molecule has 1 aromatic carbocycles. The molecule has 0 fully saturated rings. The summed E-state index contributed by atoms with van der Waals surface area (Å²) in [6.45, 7) is 2.11. The number of para-hydroxylation sites is 1. The number of ether oxygens (including phenoxy) is 1. The molecule has 0 unspecified atom stereocenters. The van der Waals surface area contributed by atoms with Gasteiger partial charge in [0, 0.05) is 12.7 Å². The summed E-state index contributed by atoms with van der Waals surface area (Å²) < 4.78 is 12.9. The number of rotatable bonds is 6. The average molecular weight is 357 g/mol. The highest BCUT2D eigenvalue weighted by Crippen LogP contribution is 2.24. The first-order valence-corrected chi connectivity index (χ1v) is 8.09. The number of nitrogens with zero attached hydrogens (tertiary/aromatic N) is 2. The molecule has 0 spiro atoms. The molecule has 5 nitrogen and oxygen atoms in total. The molecule has 0 aliphatic rings. The monoisotopic (exact) mass is 356 g/mol. The largest absolute Gasteiger partial charge is 0.484 e. The summed E-state index contributed by atoms with van der Waals surface area (Å²) in [5.41, 5.74) is 1.40. The molecule has 2 heterocycles. The Morgan fingerprint density at radius 2 is 2.12 bits per heavy atom.